The van der Waals surface area contributed by atoms with Gasteiger partial charge in [-0.1, -0.05) is 44.4 Å². The molecule has 0 heterocycles. The molecule has 0 amide bonds. The molecule has 2 rings (SSSR count). The Morgan fingerprint density at radius 3 is 2.42 bits per heavy atom. The van der Waals surface area contributed by atoms with E-state index in [9.17, 15) is 14.3 Å². The topological polar surface area (TPSA) is 37.3 Å². The molecule has 104 valence electrons. The highest BCUT2D eigenvalue weighted by atomic mass is 35.5. The van der Waals surface area contributed by atoms with Crippen molar-refractivity contribution in [1.29, 1.82) is 0 Å². The molecule has 0 aromatic heterocycles. The Morgan fingerprint density at radius 1 is 1.37 bits per heavy atom. The average Bonchev–Trinajstić information content (AvgIpc) is 2.82. The van der Waals surface area contributed by atoms with E-state index < -0.39 is 17.2 Å². The molecule has 1 aromatic carbocycles. The van der Waals surface area contributed by atoms with Gasteiger partial charge < -0.3 is 5.11 Å². The molecule has 0 radical (unpaired) electrons. The number of aliphatic carboxylic acids is 1. The smallest absolute Gasteiger partial charge is 0.314 e. The van der Waals surface area contributed by atoms with E-state index in [0.717, 1.165) is 12.8 Å². The molecule has 2 nitrogen and oxygen atoms in total. The van der Waals surface area contributed by atoms with Crippen LogP contribution in [0.2, 0.25) is 5.02 Å². The number of hydrogen-bond acceptors (Lipinski definition) is 1. The van der Waals surface area contributed by atoms with Crippen LogP contribution in [0.3, 0.4) is 0 Å². The first kappa shape index (κ1) is 14.3. The molecule has 1 aliphatic rings. The fraction of sp³-hybridized carbons (Fsp3) is 0.533. The van der Waals surface area contributed by atoms with E-state index in [1.54, 1.807) is 6.07 Å². The molecule has 0 aliphatic heterocycles. The van der Waals surface area contributed by atoms with Crippen molar-refractivity contribution < 1.29 is 14.3 Å². The lowest BCUT2D eigenvalue weighted by Gasteiger charge is -2.26. The second-order valence-corrected chi connectivity index (χ2v) is 6.02. The largest absolute Gasteiger partial charge is 0.481 e. The Morgan fingerprint density at radius 2 is 1.95 bits per heavy atom. The van der Waals surface area contributed by atoms with Gasteiger partial charge >= 0.3 is 5.97 Å². The summed E-state index contributed by atoms with van der Waals surface area (Å²) in [6.07, 6.45) is 2.97. The van der Waals surface area contributed by atoms with Crippen LogP contribution in [0.5, 0.6) is 0 Å². The summed E-state index contributed by atoms with van der Waals surface area (Å²) in [6, 6.07) is 3.17. The summed E-state index contributed by atoms with van der Waals surface area (Å²) in [6.45, 7) is 3.75. The fourth-order valence-electron chi connectivity index (χ4n) is 2.91. The van der Waals surface area contributed by atoms with Crippen molar-refractivity contribution in [2.75, 3.05) is 0 Å². The van der Waals surface area contributed by atoms with Crippen LogP contribution in [-0.4, -0.2) is 11.1 Å². The predicted octanol–water partition coefficient (Wildman–Crippen LogP) is 4.50. The van der Waals surface area contributed by atoms with Gasteiger partial charge in [-0.05, 0) is 36.0 Å². The number of benzene rings is 1. The van der Waals surface area contributed by atoms with Gasteiger partial charge in [-0.25, -0.2) is 4.39 Å². The molecule has 0 atom stereocenters. The van der Waals surface area contributed by atoms with Crippen molar-refractivity contribution in [1.82, 2.24) is 0 Å². The maximum absolute atomic E-state index is 14.0. The third-order valence-corrected chi connectivity index (χ3v) is 4.37. The Hall–Kier alpha value is -1.09. The minimum Gasteiger partial charge on any atom is -0.481 e. The Kier molecular flexibility index (Phi) is 3.86. The zero-order chi connectivity index (χ0) is 14.2. The number of rotatable bonds is 3. The molecule has 1 saturated carbocycles. The summed E-state index contributed by atoms with van der Waals surface area (Å²) in [5.74, 6) is -1.29. The van der Waals surface area contributed by atoms with Gasteiger partial charge in [0.1, 0.15) is 5.82 Å². The molecule has 19 heavy (non-hydrogen) atoms. The first-order chi connectivity index (χ1) is 8.88. The van der Waals surface area contributed by atoms with E-state index in [1.807, 2.05) is 13.8 Å². The second kappa shape index (κ2) is 5.12. The summed E-state index contributed by atoms with van der Waals surface area (Å²) in [5.41, 5.74) is 0.253. The van der Waals surface area contributed by atoms with E-state index in [2.05, 4.69) is 0 Å². The highest BCUT2D eigenvalue weighted by Crippen LogP contribution is 2.43. The van der Waals surface area contributed by atoms with Crippen LogP contribution in [0.25, 0.3) is 0 Å². The third-order valence-electron chi connectivity index (χ3n) is 4.10. The molecule has 4 heteroatoms. The lowest BCUT2D eigenvalue weighted by atomic mass is 9.78. The van der Waals surface area contributed by atoms with E-state index in [4.69, 9.17) is 11.6 Å². The zero-order valence-electron chi connectivity index (χ0n) is 11.2. The molecule has 1 N–H and O–H groups in total. The van der Waals surface area contributed by atoms with Crippen LogP contribution in [0.4, 0.5) is 4.39 Å². The normalized spacial score (nSPS) is 17.9. The quantitative estimate of drug-likeness (QED) is 0.887. The van der Waals surface area contributed by atoms with E-state index in [-0.39, 0.29) is 10.9 Å². The molecule has 1 aliphatic carbocycles. The number of hydrogen-bond donors (Lipinski definition) is 1. The van der Waals surface area contributed by atoms with Gasteiger partial charge in [0.2, 0.25) is 0 Å². The highest BCUT2D eigenvalue weighted by molar-refractivity contribution is 6.30. The van der Waals surface area contributed by atoms with Crippen molar-refractivity contribution in [2.24, 2.45) is 0 Å². The summed E-state index contributed by atoms with van der Waals surface area (Å²) < 4.78 is 14.0. The lowest BCUT2D eigenvalue weighted by molar-refractivity contribution is -0.143. The van der Waals surface area contributed by atoms with Gasteiger partial charge in [-0.3, -0.25) is 4.79 Å². The number of carboxylic acids is 1. The SMILES string of the molecule is CC(C)c1cc(C2(C(=O)O)CCCC2)cc(Cl)c1F. The summed E-state index contributed by atoms with van der Waals surface area (Å²) in [7, 11) is 0. The summed E-state index contributed by atoms with van der Waals surface area (Å²) in [5, 5.41) is 9.59. The van der Waals surface area contributed by atoms with Gasteiger partial charge in [0.25, 0.3) is 0 Å². The van der Waals surface area contributed by atoms with Gasteiger partial charge in [0, 0.05) is 0 Å². The summed E-state index contributed by atoms with van der Waals surface area (Å²) >= 11 is 5.94. The highest BCUT2D eigenvalue weighted by Gasteiger charge is 2.43. The molecular weight excluding hydrogens is 267 g/mol. The van der Waals surface area contributed by atoms with Crippen LogP contribution >= 0.6 is 11.6 Å². The molecule has 0 saturated heterocycles. The van der Waals surface area contributed by atoms with Gasteiger partial charge in [-0.2, -0.15) is 0 Å². The zero-order valence-corrected chi connectivity index (χ0v) is 11.9. The van der Waals surface area contributed by atoms with E-state index >= 15 is 0 Å². The van der Waals surface area contributed by atoms with Crippen molar-refractivity contribution in [3.05, 3.63) is 34.1 Å². The Labute approximate surface area is 117 Å². The Balaban J connectivity index is 2.59. The van der Waals surface area contributed by atoms with Crippen LogP contribution in [0.15, 0.2) is 12.1 Å². The van der Waals surface area contributed by atoms with Gasteiger partial charge in [-0.15, -0.1) is 0 Å². The van der Waals surface area contributed by atoms with E-state index in [0.29, 0.717) is 24.0 Å². The van der Waals surface area contributed by atoms with Crippen LogP contribution in [-0.2, 0) is 10.2 Å². The van der Waals surface area contributed by atoms with Crippen LogP contribution in [0.1, 0.15) is 56.6 Å². The van der Waals surface area contributed by atoms with Crippen LogP contribution < -0.4 is 0 Å². The summed E-state index contributed by atoms with van der Waals surface area (Å²) in [4.78, 5) is 11.7. The second-order valence-electron chi connectivity index (χ2n) is 5.61. The maximum atomic E-state index is 14.0. The molecule has 0 unspecified atom stereocenters. The molecule has 1 aromatic rings. The van der Waals surface area contributed by atoms with Crippen LogP contribution in [0, 0.1) is 5.82 Å². The average molecular weight is 285 g/mol. The van der Waals surface area contributed by atoms with E-state index in [1.165, 1.54) is 6.07 Å². The minimum atomic E-state index is -0.888. The number of carbonyl (C=O) groups is 1. The lowest BCUT2D eigenvalue weighted by Crippen LogP contribution is -2.32. The van der Waals surface area contributed by atoms with Crippen molar-refractivity contribution in [2.45, 2.75) is 50.9 Å². The predicted molar refractivity (Wildman–Crippen MR) is 73.3 cm³/mol. The molecule has 1 fully saturated rings. The van der Waals surface area contributed by atoms with Gasteiger partial charge in [0.15, 0.2) is 0 Å². The molecule has 0 bridgehead atoms. The fourth-order valence-corrected chi connectivity index (χ4v) is 3.14. The third kappa shape index (κ3) is 2.36. The standard InChI is InChI=1S/C15H18ClFO2/c1-9(2)11-7-10(8-12(16)13(11)17)15(14(18)19)5-3-4-6-15/h7-9H,3-6H2,1-2H3,(H,18,19). The minimum absolute atomic E-state index is 0.0220. The Bertz CT molecular complexity index is 505. The molecule has 0 spiro atoms. The number of halogens is 2. The monoisotopic (exact) mass is 284 g/mol. The first-order valence-electron chi connectivity index (χ1n) is 6.61. The molecular formula is C15H18ClFO2. The van der Waals surface area contributed by atoms with Crippen molar-refractivity contribution in [3.63, 3.8) is 0 Å². The van der Waals surface area contributed by atoms with Gasteiger partial charge in [0.05, 0.1) is 10.4 Å². The van der Waals surface area contributed by atoms with Crippen molar-refractivity contribution >= 4 is 17.6 Å². The first-order valence-corrected chi connectivity index (χ1v) is 6.99. The van der Waals surface area contributed by atoms with Crippen molar-refractivity contribution in [3.8, 4) is 0 Å². The number of carboxylic acid groups (broad SMARTS) is 1. The maximum Gasteiger partial charge on any atom is 0.314 e.